The summed E-state index contributed by atoms with van der Waals surface area (Å²) in [6.07, 6.45) is 0. The summed E-state index contributed by atoms with van der Waals surface area (Å²) in [6, 6.07) is 7.43. The lowest BCUT2D eigenvalue weighted by atomic mass is 10.2. The minimum atomic E-state index is -0.0362. The minimum absolute atomic E-state index is 0.0362. The molecule has 1 amide bonds. The molecule has 0 unspecified atom stereocenters. The average Bonchev–Trinajstić information content (AvgIpc) is 2.32. The number of hydrogen-bond acceptors (Lipinski definition) is 2. The lowest BCUT2D eigenvalue weighted by molar-refractivity contribution is -0.884. The summed E-state index contributed by atoms with van der Waals surface area (Å²) in [5, 5.41) is 2.00. The van der Waals surface area contributed by atoms with Crippen molar-refractivity contribution < 1.29 is 9.69 Å². The van der Waals surface area contributed by atoms with E-state index in [0.29, 0.717) is 5.56 Å². The van der Waals surface area contributed by atoms with Gasteiger partial charge < -0.3 is 4.90 Å². The molecule has 1 aliphatic rings. The number of quaternary nitrogens is 1. The Kier molecular flexibility index (Phi) is 4.15. The normalized spacial score (nSPS) is 18.0. The molecule has 0 bridgehead atoms. The third-order valence-electron chi connectivity index (χ3n) is 2.96. The fraction of sp³-hybridized carbons (Fsp3) is 0.417. The van der Waals surface area contributed by atoms with Gasteiger partial charge in [-0.1, -0.05) is 22.0 Å². The van der Waals surface area contributed by atoms with Crippen LogP contribution < -0.4 is 10.3 Å². The van der Waals surface area contributed by atoms with Crippen molar-refractivity contribution in [2.75, 3.05) is 33.2 Å². The Morgan fingerprint density at radius 2 is 2.12 bits per heavy atom. The van der Waals surface area contributed by atoms with Crippen molar-refractivity contribution in [3.8, 4) is 0 Å². The molecule has 2 N–H and O–H groups in total. The third-order valence-corrected chi connectivity index (χ3v) is 3.46. The molecular formula is C12H17BrN3O+. The monoisotopic (exact) mass is 298 g/mol. The van der Waals surface area contributed by atoms with Crippen molar-refractivity contribution in [2.45, 2.75) is 0 Å². The number of hydrazine groups is 1. The van der Waals surface area contributed by atoms with Crippen LogP contribution in [0.3, 0.4) is 0 Å². The molecule has 1 aromatic rings. The highest BCUT2D eigenvalue weighted by molar-refractivity contribution is 9.10. The number of benzene rings is 1. The zero-order valence-electron chi connectivity index (χ0n) is 9.87. The number of likely N-dealkylation sites (N-methyl/N-ethyl adjacent to an activating group) is 1. The van der Waals surface area contributed by atoms with Gasteiger partial charge in [0.1, 0.15) is 0 Å². The Labute approximate surface area is 110 Å². The van der Waals surface area contributed by atoms with Gasteiger partial charge in [-0.15, -0.1) is 0 Å². The first-order chi connectivity index (χ1) is 8.15. The molecule has 0 radical (unpaired) electrons. The SMILES string of the molecule is C[NH+]1CCN(NC(=O)c2cccc(Br)c2)CC1. The Hall–Kier alpha value is -0.910. The van der Waals surface area contributed by atoms with E-state index in [4.69, 9.17) is 0 Å². The second-order valence-electron chi connectivity index (χ2n) is 4.40. The Morgan fingerprint density at radius 3 is 2.76 bits per heavy atom. The van der Waals surface area contributed by atoms with Gasteiger partial charge in [-0.2, -0.15) is 0 Å². The number of nitrogens with zero attached hydrogens (tertiary/aromatic N) is 1. The van der Waals surface area contributed by atoms with Crippen LogP contribution in [0.1, 0.15) is 10.4 Å². The number of halogens is 1. The molecular weight excluding hydrogens is 282 g/mol. The summed E-state index contributed by atoms with van der Waals surface area (Å²) < 4.78 is 0.924. The maximum atomic E-state index is 12.0. The predicted molar refractivity (Wildman–Crippen MR) is 69.8 cm³/mol. The van der Waals surface area contributed by atoms with E-state index in [1.807, 2.05) is 29.3 Å². The first-order valence-electron chi connectivity index (χ1n) is 5.78. The largest absolute Gasteiger partial charge is 0.335 e. The van der Waals surface area contributed by atoms with Gasteiger partial charge in [-0.25, -0.2) is 5.01 Å². The maximum absolute atomic E-state index is 12.0. The van der Waals surface area contributed by atoms with E-state index in [9.17, 15) is 4.79 Å². The van der Waals surface area contributed by atoms with Crippen molar-refractivity contribution in [1.82, 2.24) is 10.4 Å². The summed E-state index contributed by atoms with van der Waals surface area (Å²) in [7, 11) is 2.17. The Morgan fingerprint density at radius 1 is 1.41 bits per heavy atom. The molecule has 2 rings (SSSR count). The topological polar surface area (TPSA) is 36.8 Å². The lowest BCUT2D eigenvalue weighted by Gasteiger charge is -2.30. The van der Waals surface area contributed by atoms with Crippen molar-refractivity contribution in [1.29, 1.82) is 0 Å². The molecule has 1 saturated heterocycles. The van der Waals surface area contributed by atoms with E-state index in [1.165, 1.54) is 4.90 Å². The molecule has 4 nitrogen and oxygen atoms in total. The molecule has 5 heteroatoms. The van der Waals surface area contributed by atoms with E-state index in [-0.39, 0.29) is 5.91 Å². The molecule has 1 heterocycles. The Balaban J connectivity index is 1.93. The molecule has 1 aliphatic heterocycles. The van der Waals surface area contributed by atoms with Gasteiger partial charge in [0.25, 0.3) is 5.91 Å². The van der Waals surface area contributed by atoms with Crippen LogP contribution in [-0.2, 0) is 0 Å². The van der Waals surface area contributed by atoms with Crippen molar-refractivity contribution in [2.24, 2.45) is 0 Å². The van der Waals surface area contributed by atoms with Crippen LogP contribution in [0.5, 0.6) is 0 Å². The summed E-state index contributed by atoms with van der Waals surface area (Å²) in [6.45, 7) is 3.95. The fourth-order valence-corrected chi connectivity index (χ4v) is 2.24. The van der Waals surface area contributed by atoms with Gasteiger partial charge in [0, 0.05) is 10.0 Å². The lowest BCUT2D eigenvalue weighted by Crippen LogP contribution is -3.12. The van der Waals surface area contributed by atoms with E-state index >= 15 is 0 Å². The van der Waals surface area contributed by atoms with Crippen LogP contribution in [-0.4, -0.2) is 44.1 Å². The first-order valence-corrected chi connectivity index (χ1v) is 6.57. The van der Waals surface area contributed by atoms with Gasteiger partial charge in [-0.05, 0) is 18.2 Å². The van der Waals surface area contributed by atoms with Gasteiger partial charge in [0.15, 0.2) is 0 Å². The maximum Gasteiger partial charge on any atom is 0.265 e. The highest BCUT2D eigenvalue weighted by Crippen LogP contribution is 2.11. The first kappa shape index (κ1) is 12.5. The van der Waals surface area contributed by atoms with Crippen LogP contribution in [0.2, 0.25) is 0 Å². The number of piperazine rings is 1. The van der Waals surface area contributed by atoms with E-state index in [2.05, 4.69) is 28.4 Å². The number of carbonyl (C=O) groups excluding carboxylic acids is 1. The van der Waals surface area contributed by atoms with E-state index in [1.54, 1.807) is 0 Å². The molecule has 0 atom stereocenters. The van der Waals surface area contributed by atoms with E-state index < -0.39 is 0 Å². The Bertz CT molecular complexity index is 402. The highest BCUT2D eigenvalue weighted by atomic mass is 79.9. The van der Waals surface area contributed by atoms with Gasteiger partial charge in [-0.3, -0.25) is 10.2 Å². The number of amides is 1. The molecule has 0 saturated carbocycles. The van der Waals surface area contributed by atoms with Crippen LogP contribution in [0.25, 0.3) is 0 Å². The number of hydrogen-bond donors (Lipinski definition) is 2. The molecule has 0 aromatic heterocycles. The molecule has 0 aliphatic carbocycles. The summed E-state index contributed by atoms with van der Waals surface area (Å²) in [5.74, 6) is -0.0362. The third kappa shape index (κ3) is 3.52. The highest BCUT2D eigenvalue weighted by Gasteiger charge is 2.18. The minimum Gasteiger partial charge on any atom is -0.335 e. The predicted octanol–water partition coefficient (Wildman–Crippen LogP) is -0.0758. The van der Waals surface area contributed by atoms with Crippen molar-refractivity contribution in [3.63, 3.8) is 0 Å². The van der Waals surface area contributed by atoms with Crippen LogP contribution >= 0.6 is 15.9 Å². The number of rotatable bonds is 2. The van der Waals surface area contributed by atoms with Gasteiger partial charge in [0.2, 0.25) is 0 Å². The quantitative estimate of drug-likeness (QED) is 0.802. The molecule has 17 heavy (non-hydrogen) atoms. The van der Waals surface area contributed by atoms with Gasteiger partial charge in [0.05, 0.1) is 33.2 Å². The fourth-order valence-electron chi connectivity index (χ4n) is 1.84. The smallest absolute Gasteiger partial charge is 0.265 e. The van der Waals surface area contributed by atoms with Crippen molar-refractivity contribution in [3.05, 3.63) is 34.3 Å². The molecule has 1 aromatic carbocycles. The molecule has 1 fully saturated rings. The van der Waals surface area contributed by atoms with Gasteiger partial charge >= 0.3 is 0 Å². The van der Waals surface area contributed by atoms with Crippen LogP contribution in [0.15, 0.2) is 28.7 Å². The number of carbonyl (C=O) groups is 1. The zero-order valence-corrected chi connectivity index (χ0v) is 11.5. The second-order valence-corrected chi connectivity index (χ2v) is 5.31. The van der Waals surface area contributed by atoms with Crippen LogP contribution in [0.4, 0.5) is 0 Å². The summed E-state index contributed by atoms with van der Waals surface area (Å²) in [5.41, 5.74) is 3.63. The zero-order chi connectivity index (χ0) is 12.3. The molecule has 92 valence electrons. The molecule has 0 spiro atoms. The summed E-state index contributed by atoms with van der Waals surface area (Å²) in [4.78, 5) is 13.5. The van der Waals surface area contributed by atoms with E-state index in [0.717, 1.165) is 30.7 Å². The second kappa shape index (κ2) is 5.62. The average molecular weight is 299 g/mol. The standard InChI is InChI=1S/C12H16BrN3O/c1-15-5-7-16(8-6-15)14-12(17)10-3-2-4-11(13)9-10/h2-4,9H,5-8H2,1H3,(H,14,17)/p+1. The van der Waals surface area contributed by atoms with Crippen molar-refractivity contribution >= 4 is 21.8 Å². The van der Waals surface area contributed by atoms with Crippen LogP contribution in [0, 0.1) is 0 Å². The summed E-state index contributed by atoms with van der Waals surface area (Å²) >= 11 is 3.37. The number of nitrogens with one attached hydrogen (secondary N) is 2.